The highest BCUT2D eigenvalue weighted by atomic mass is 16.5. The van der Waals surface area contributed by atoms with Gasteiger partial charge in [-0.2, -0.15) is 0 Å². The molecule has 2 heteroatoms. The van der Waals surface area contributed by atoms with Crippen molar-refractivity contribution in [1.29, 1.82) is 0 Å². The molecule has 0 unspecified atom stereocenters. The minimum atomic E-state index is 0.884. The molecule has 1 heterocycles. The van der Waals surface area contributed by atoms with Crippen LogP contribution >= 0.6 is 0 Å². The van der Waals surface area contributed by atoms with Crippen molar-refractivity contribution in [2.24, 2.45) is 0 Å². The largest absolute Gasteiger partial charge is 0.497 e. The number of aryl methyl sites for hydroxylation is 1. The molecule has 0 amide bonds. The van der Waals surface area contributed by atoms with Crippen LogP contribution in [-0.2, 0) is 6.54 Å². The summed E-state index contributed by atoms with van der Waals surface area (Å²) in [6.45, 7) is 3.15. The summed E-state index contributed by atoms with van der Waals surface area (Å²) in [7, 11) is 1.68. The van der Waals surface area contributed by atoms with Crippen LogP contribution in [0.25, 0.3) is 23.1 Å². The van der Waals surface area contributed by atoms with E-state index < -0.39 is 0 Å². The predicted molar refractivity (Wildman–Crippen MR) is 89.5 cm³/mol. The molecule has 21 heavy (non-hydrogen) atoms. The second-order valence-electron chi connectivity index (χ2n) is 4.99. The van der Waals surface area contributed by atoms with Crippen molar-refractivity contribution in [3.63, 3.8) is 0 Å². The Morgan fingerprint density at radius 3 is 2.48 bits per heavy atom. The highest BCUT2D eigenvalue weighted by Crippen LogP contribution is 2.23. The monoisotopic (exact) mass is 277 g/mol. The number of para-hydroxylation sites is 1. The standard InChI is InChI=1S/C19H19NO/c1-3-20-14-16(18-6-4-5-7-19(18)20)11-8-15-9-12-17(21-2)13-10-15/h4-14H,3H2,1-2H3. The second-order valence-corrected chi connectivity index (χ2v) is 4.99. The molecule has 1 aromatic heterocycles. The van der Waals surface area contributed by atoms with Crippen molar-refractivity contribution in [3.05, 3.63) is 65.9 Å². The number of rotatable bonds is 4. The molecular formula is C19H19NO. The predicted octanol–water partition coefficient (Wildman–Crippen LogP) is 4.84. The lowest BCUT2D eigenvalue weighted by molar-refractivity contribution is 0.415. The van der Waals surface area contributed by atoms with E-state index in [1.807, 2.05) is 12.1 Å². The van der Waals surface area contributed by atoms with Crippen molar-refractivity contribution in [1.82, 2.24) is 4.57 Å². The zero-order valence-corrected chi connectivity index (χ0v) is 12.4. The van der Waals surface area contributed by atoms with Crippen molar-refractivity contribution in [2.45, 2.75) is 13.5 Å². The highest BCUT2D eigenvalue weighted by molar-refractivity contribution is 5.92. The lowest BCUT2D eigenvalue weighted by Crippen LogP contribution is -1.89. The zero-order chi connectivity index (χ0) is 14.7. The summed E-state index contributed by atoms with van der Waals surface area (Å²) in [5.41, 5.74) is 3.71. The Balaban J connectivity index is 1.95. The average molecular weight is 277 g/mol. The van der Waals surface area contributed by atoms with Gasteiger partial charge >= 0.3 is 0 Å². The molecule has 0 aliphatic carbocycles. The first-order valence-electron chi connectivity index (χ1n) is 7.22. The Bertz CT molecular complexity index is 766. The van der Waals surface area contributed by atoms with E-state index in [-0.39, 0.29) is 0 Å². The molecule has 0 aliphatic heterocycles. The summed E-state index contributed by atoms with van der Waals surface area (Å²) < 4.78 is 7.46. The minimum Gasteiger partial charge on any atom is -0.497 e. The molecule has 106 valence electrons. The van der Waals surface area contributed by atoms with Crippen molar-refractivity contribution >= 4 is 23.1 Å². The number of aromatic nitrogens is 1. The van der Waals surface area contributed by atoms with Gasteiger partial charge in [-0.05, 0) is 36.2 Å². The van der Waals surface area contributed by atoms with Crippen LogP contribution in [0.5, 0.6) is 5.75 Å². The zero-order valence-electron chi connectivity index (χ0n) is 12.4. The molecule has 0 atom stereocenters. The third-order valence-electron chi connectivity index (χ3n) is 3.73. The van der Waals surface area contributed by atoms with E-state index in [1.54, 1.807) is 7.11 Å². The van der Waals surface area contributed by atoms with Crippen molar-refractivity contribution < 1.29 is 4.74 Å². The van der Waals surface area contributed by atoms with Gasteiger partial charge in [0.1, 0.15) is 5.75 Å². The fourth-order valence-corrected chi connectivity index (χ4v) is 2.57. The fourth-order valence-electron chi connectivity index (χ4n) is 2.57. The van der Waals surface area contributed by atoms with E-state index in [9.17, 15) is 0 Å². The fraction of sp³-hybridized carbons (Fsp3) is 0.158. The third kappa shape index (κ3) is 2.70. The van der Waals surface area contributed by atoms with Crippen LogP contribution in [0.4, 0.5) is 0 Å². The molecule has 0 N–H and O–H groups in total. The molecule has 0 aliphatic rings. The van der Waals surface area contributed by atoms with Gasteiger partial charge in [-0.1, -0.05) is 42.5 Å². The molecule has 3 aromatic rings. The van der Waals surface area contributed by atoms with Gasteiger partial charge in [0.2, 0.25) is 0 Å². The number of methoxy groups -OCH3 is 1. The number of hydrogen-bond acceptors (Lipinski definition) is 1. The molecule has 2 nitrogen and oxygen atoms in total. The van der Waals surface area contributed by atoms with Gasteiger partial charge in [0.25, 0.3) is 0 Å². The molecule has 0 saturated heterocycles. The topological polar surface area (TPSA) is 14.2 Å². The second kappa shape index (κ2) is 5.88. The van der Waals surface area contributed by atoms with Crippen LogP contribution in [0.2, 0.25) is 0 Å². The van der Waals surface area contributed by atoms with E-state index in [0.29, 0.717) is 0 Å². The molecule has 3 rings (SSSR count). The summed E-state index contributed by atoms with van der Waals surface area (Å²) in [5.74, 6) is 0.884. The van der Waals surface area contributed by atoms with Crippen molar-refractivity contribution in [3.8, 4) is 5.75 Å². The molecule has 0 radical (unpaired) electrons. The SMILES string of the molecule is CCn1cc(C=Cc2ccc(OC)cc2)c2ccccc21. The molecular weight excluding hydrogens is 258 g/mol. The van der Waals surface area contributed by atoms with E-state index in [1.165, 1.54) is 22.0 Å². The number of benzene rings is 2. The Hall–Kier alpha value is -2.48. The first kappa shape index (κ1) is 13.5. The van der Waals surface area contributed by atoms with Crippen LogP contribution < -0.4 is 4.74 Å². The minimum absolute atomic E-state index is 0.884. The van der Waals surface area contributed by atoms with E-state index in [4.69, 9.17) is 4.74 Å². The summed E-state index contributed by atoms with van der Waals surface area (Å²) in [6, 6.07) is 16.6. The Morgan fingerprint density at radius 2 is 1.76 bits per heavy atom. The molecule has 2 aromatic carbocycles. The van der Waals surface area contributed by atoms with Crippen LogP contribution in [0, 0.1) is 0 Å². The smallest absolute Gasteiger partial charge is 0.118 e. The molecule has 0 fully saturated rings. The van der Waals surface area contributed by atoms with Crippen LogP contribution in [0.3, 0.4) is 0 Å². The van der Waals surface area contributed by atoms with Gasteiger partial charge in [0, 0.05) is 23.6 Å². The van der Waals surface area contributed by atoms with Gasteiger partial charge in [-0.3, -0.25) is 0 Å². The number of nitrogens with zero attached hydrogens (tertiary/aromatic N) is 1. The lowest BCUT2D eigenvalue weighted by Gasteiger charge is -1.99. The normalized spacial score (nSPS) is 11.3. The number of fused-ring (bicyclic) bond motifs is 1. The van der Waals surface area contributed by atoms with Gasteiger partial charge in [0.05, 0.1) is 7.11 Å². The van der Waals surface area contributed by atoms with Crippen LogP contribution in [0.15, 0.2) is 54.7 Å². The Morgan fingerprint density at radius 1 is 1.00 bits per heavy atom. The molecule has 0 bridgehead atoms. The first-order valence-corrected chi connectivity index (χ1v) is 7.22. The maximum Gasteiger partial charge on any atom is 0.118 e. The Kier molecular flexibility index (Phi) is 3.78. The summed E-state index contributed by atoms with van der Waals surface area (Å²) in [4.78, 5) is 0. The van der Waals surface area contributed by atoms with E-state index in [0.717, 1.165) is 12.3 Å². The maximum atomic E-state index is 5.18. The molecule has 0 spiro atoms. The van der Waals surface area contributed by atoms with Gasteiger partial charge in [-0.25, -0.2) is 0 Å². The number of hydrogen-bond donors (Lipinski definition) is 0. The van der Waals surface area contributed by atoms with Gasteiger partial charge in [-0.15, -0.1) is 0 Å². The van der Waals surface area contributed by atoms with Crippen LogP contribution in [0.1, 0.15) is 18.1 Å². The lowest BCUT2D eigenvalue weighted by atomic mass is 10.1. The molecule has 0 saturated carbocycles. The third-order valence-corrected chi connectivity index (χ3v) is 3.73. The van der Waals surface area contributed by atoms with Crippen LogP contribution in [-0.4, -0.2) is 11.7 Å². The quantitative estimate of drug-likeness (QED) is 0.665. The average Bonchev–Trinajstić information content (AvgIpc) is 2.91. The maximum absolute atomic E-state index is 5.18. The van der Waals surface area contributed by atoms with Crippen molar-refractivity contribution in [2.75, 3.05) is 7.11 Å². The van der Waals surface area contributed by atoms with E-state index >= 15 is 0 Å². The highest BCUT2D eigenvalue weighted by Gasteiger charge is 2.04. The van der Waals surface area contributed by atoms with Gasteiger partial charge in [0.15, 0.2) is 0 Å². The summed E-state index contributed by atoms with van der Waals surface area (Å²) in [5, 5.41) is 1.30. The number of ether oxygens (including phenoxy) is 1. The Labute approximate surface area is 125 Å². The van der Waals surface area contributed by atoms with E-state index in [2.05, 4.69) is 66.2 Å². The van der Waals surface area contributed by atoms with Gasteiger partial charge < -0.3 is 9.30 Å². The summed E-state index contributed by atoms with van der Waals surface area (Å²) >= 11 is 0. The summed E-state index contributed by atoms with van der Waals surface area (Å²) in [6.07, 6.45) is 6.53. The first-order chi connectivity index (χ1) is 10.3.